The third-order valence-corrected chi connectivity index (χ3v) is 4.52. The van der Waals surface area contributed by atoms with Crippen molar-refractivity contribution in [2.75, 3.05) is 32.7 Å². The van der Waals surface area contributed by atoms with E-state index < -0.39 is 0 Å². The molecular weight excluding hydrogens is 208 g/mol. The van der Waals surface area contributed by atoms with Crippen LogP contribution in [0.2, 0.25) is 0 Å². The summed E-state index contributed by atoms with van der Waals surface area (Å²) < 4.78 is 0. The van der Waals surface area contributed by atoms with Crippen LogP contribution in [0.4, 0.5) is 0 Å². The van der Waals surface area contributed by atoms with E-state index in [9.17, 15) is 0 Å². The van der Waals surface area contributed by atoms with Gasteiger partial charge in [-0.3, -0.25) is 0 Å². The SMILES string of the molecule is CCNCC(C)(C)CN1CCC(CC)(CC)C1. The molecule has 17 heavy (non-hydrogen) atoms. The molecule has 0 aromatic heterocycles. The van der Waals surface area contributed by atoms with Gasteiger partial charge in [-0.05, 0) is 43.2 Å². The highest BCUT2D eigenvalue weighted by Crippen LogP contribution is 2.37. The Labute approximate surface area is 108 Å². The molecule has 0 aromatic rings. The van der Waals surface area contributed by atoms with Crippen LogP contribution in [-0.4, -0.2) is 37.6 Å². The lowest BCUT2D eigenvalue weighted by Gasteiger charge is -2.32. The zero-order chi connectivity index (χ0) is 12.9. The van der Waals surface area contributed by atoms with Crippen LogP contribution in [0.25, 0.3) is 0 Å². The van der Waals surface area contributed by atoms with Gasteiger partial charge in [-0.2, -0.15) is 0 Å². The van der Waals surface area contributed by atoms with Gasteiger partial charge in [0.05, 0.1) is 0 Å². The highest BCUT2D eigenvalue weighted by Gasteiger charge is 2.36. The van der Waals surface area contributed by atoms with E-state index in [0.717, 1.165) is 13.1 Å². The molecule has 1 rings (SSSR count). The van der Waals surface area contributed by atoms with E-state index in [-0.39, 0.29) is 0 Å². The molecule has 2 nitrogen and oxygen atoms in total. The zero-order valence-electron chi connectivity index (χ0n) is 12.6. The van der Waals surface area contributed by atoms with Crippen molar-refractivity contribution >= 4 is 0 Å². The van der Waals surface area contributed by atoms with Gasteiger partial charge in [0.15, 0.2) is 0 Å². The Balaban J connectivity index is 2.43. The van der Waals surface area contributed by atoms with Gasteiger partial charge in [0, 0.05) is 19.6 Å². The molecule has 0 aliphatic carbocycles. The van der Waals surface area contributed by atoms with Gasteiger partial charge in [-0.25, -0.2) is 0 Å². The van der Waals surface area contributed by atoms with Crippen molar-refractivity contribution in [3.8, 4) is 0 Å². The first-order valence-electron chi connectivity index (χ1n) is 7.40. The quantitative estimate of drug-likeness (QED) is 0.735. The first kappa shape index (κ1) is 15.0. The molecule has 0 radical (unpaired) electrons. The second-order valence-electron chi connectivity index (χ2n) is 6.61. The Morgan fingerprint density at radius 2 is 1.82 bits per heavy atom. The Morgan fingerprint density at radius 1 is 1.18 bits per heavy atom. The topological polar surface area (TPSA) is 15.3 Å². The molecule has 0 atom stereocenters. The number of rotatable bonds is 7. The summed E-state index contributed by atoms with van der Waals surface area (Å²) in [6.45, 7) is 17.7. The Hall–Kier alpha value is -0.0800. The third-order valence-electron chi connectivity index (χ3n) is 4.52. The molecule has 1 fully saturated rings. The molecule has 0 spiro atoms. The number of nitrogens with one attached hydrogen (secondary N) is 1. The Morgan fingerprint density at radius 3 is 2.29 bits per heavy atom. The van der Waals surface area contributed by atoms with Crippen molar-refractivity contribution in [3.05, 3.63) is 0 Å². The van der Waals surface area contributed by atoms with Gasteiger partial charge in [-0.1, -0.05) is 34.6 Å². The molecule has 1 aliphatic heterocycles. The first-order valence-corrected chi connectivity index (χ1v) is 7.40. The summed E-state index contributed by atoms with van der Waals surface area (Å²) in [7, 11) is 0. The van der Waals surface area contributed by atoms with Gasteiger partial charge < -0.3 is 10.2 Å². The summed E-state index contributed by atoms with van der Waals surface area (Å²) in [5.41, 5.74) is 1.02. The van der Waals surface area contributed by atoms with Crippen molar-refractivity contribution < 1.29 is 0 Å². The average Bonchev–Trinajstić information content (AvgIpc) is 2.70. The summed E-state index contributed by atoms with van der Waals surface area (Å²) in [4.78, 5) is 2.68. The van der Waals surface area contributed by atoms with E-state index >= 15 is 0 Å². The van der Waals surface area contributed by atoms with E-state index in [1.54, 1.807) is 0 Å². The summed E-state index contributed by atoms with van der Waals surface area (Å²) >= 11 is 0. The number of nitrogens with zero attached hydrogens (tertiary/aromatic N) is 1. The highest BCUT2D eigenvalue weighted by molar-refractivity contribution is 4.90. The van der Waals surface area contributed by atoms with Crippen molar-refractivity contribution in [1.82, 2.24) is 10.2 Å². The predicted octanol–water partition coefficient (Wildman–Crippen LogP) is 3.13. The van der Waals surface area contributed by atoms with Gasteiger partial charge in [-0.15, -0.1) is 0 Å². The molecule has 0 saturated carbocycles. The van der Waals surface area contributed by atoms with E-state index in [2.05, 4.69) is 44.8 Å². The van der Waals surface area contributed by atoms with E-state index in [1.807, 2.05) is 0 Å². The second-order valence-corrected chi connectivity index (χ2v) is 6.61. The van der Waals surface area contributed by atoms with Crippen LogP contribution in [0.15, 0.2) is 0 Å². The van der Waals surface area contributed by atoms with Gasteiger partial charge in [0.2, 0.25) is 0 Å². The smallest absolute Gasteiger partial charge is 0.00451 e. The van der Waals surface area contributed by atoms with E-state index in [4.69, 9.17) is 0 Å². The largest absolute Gasteiger partial charge is 0.316 e. The van der Waals surface area contributed by atoms with Crippen molar-refractivity contribution in [3.63, 3.8) is 0 Å². The van der Waals surface area contributed by atoms with Gasteiger partial charge in [0.25, 0.3) is 0 Å². The van der Waals surface area contributed by atoms with Crippen LogP contribution in [0.3, 0.4) is 0 Å². The zero-order valence-corrected chi connectivity index (χ0v) is 12.6. The minimum atomic E-state index is 0.396. The second kappa shape index (κ2) is 6.19. The number of hydrogen-bond donors (Lipinski definition) is 1. The lowest BCUT2D eigenvalue weighted by Crippen LogP contribution is -2.40. The number of hydrogen-bond acceptors (Lipinski definition) is 2. The van der Waals surface area contributed by atoms with Crippen LogP contribution >= 0.6 is 0 Å². The molecule has 1 heterocycles. The van der Waals surface area contributed by atoms with Crippen LogP contribution in [0.1, 0.15) is 53.9 Å². The van der Waals surface area contributed by atoms with E-state index in [1.165, 1.54) is 38.9 Å². The summed E-state index contributed by atoms with van der Waals surface area (Å²) in [6, 6.07) is 0. The fourth-order valence-electron chi connectivity index (χ4n) is 3.11. The van der Waals surface area contributed by atoms with Gasteiger partial charge >= 0.3 is 0 Å². The van der Waals surface area contributed by atoms with Crippen LogP contribution in [0, 0.1) is 10.8 Å². The normalized spacial score (nSPS) is 21.0. The molecule has 1 saturated heterocycles. The average molecular weight is 240 g/mol. The molecule has 0 amide bonds. The molecule has 1 aliphatic rings. The van der Waals surface area contributed by atoms with Crippen molar-refractivity contribution in [2.45, 2.75) is 53.9 Å². The Bertz CT molecular complexity index is 219. The Kier molecular flexibility index (Phi) is 5.46. The van der Waals surface area contributed by atoms with Crippen molar-refractivity contribution in [1.29, 1.82) is 0 Å². The fourth-order valence-corrected chi connectivity index (χ4v) is 3.11. The third kappa shape index (κ3) is 4.26. The van der Waals surface area contributed by atoms with E-state index in [0.29, 0.717) is 10.8 Å². The maximum absolute atomic E-state index is 3.48. The highest BCUT2D eigenvalue weighted by atomic mass is 15.2. The summed E-state index contributed by atoms with van der Waals surface area (Å²) in [6.07, 6.45) is 4.08. The summed E-state index contributed by atoms with van der Waals surface area (Å²) in [5, 5.41) is 3.48. The standard InChI is InChI=1S/C15H32N2/c1-6-15(7-2)9-10-17(13-15)12-14(4,5)11-16-8-3/h16H,6-13H2,1-5H3. The maximum atomic E-state index is 3.48. The first-order chi connectivity index (χ1) is 7.97. The minimum absolute atomic E-state index is 0.396. The predicted molar refractivity (Wildman–Crippen MR) is 76.4 cm³/mol. The maximum Gasteiger partial charge on any atom is 0.00451 e. The van der Waals surface area contributed by atoms with Crippen LogP contribution in [0.5, 0.6) is 0 Å². The number of likely N-dealkylation sites (tertiary alicyclic amines) is 1. The lowest BCUT2D eigenvalue weighted by molar-refractivity contribution is 0.176. The summed E-state index contributed by atoms with van der Waals surface area (Å²) in [5.74, 6) is 0. The molecule has 0 bridgehead atoms. The molecule has 0 aromatic carbocycles. The van der Waals surface area contributed by atoms with Crippen LogP contribution < -0.4 is 5.32 Å². The molecule has 0 unspecified atom stereocenters. The minimum Gasteiger partial charge on any atom is -0.316 e. The molecule has 2 heteroatoms. The fraction of sp³-hybridized carbons (Fsp3) is 1.00. The van der Waals surface area contributed by atoms with Crippen molar-refractivity contribution in [2.24, 2.45) is 10.8 Å². The lowest BCUT2D eigenvalue weighted by atomic mass is 9.82. The molecule has 1 N–H and O–H groups in total. The monoisotopic (exact) mass is 240 g/mol. The van der Waals surface area contributed by atoms with Gasteiger partial charge in [0.1, 0.15) is 0 Å². The molecular formula is C15H32N2. The van der Waals surface area contributed by atoms with Crippen LogP contribution in [-0.2, 0) is 0 Å². The molecule has 102 valence electrons.